The third kappa shape index (κ3) is 1.48. The van der Waals surface area contributed by atoms with Crippen molar-refractivity contribution in [2.45, 2.75) is 12.8 Å². The Kier molecular flexibility index (Phi) is 2.33. The van der Waals surface area contributed by atoms with Crippen LogP contribution in [0.15, 0.2) is 42.5 Å². The van der Waals surface area contributed by atoms with Crippen LogP contribution >= 0.6 is 0 Å². The Hall–Kier alpha value is -2.29. The van der Waals surface area contributed by atoms with Crippen LogP contribution in [-0.4, -0.2) is 5.91 Å². The van der Waals surface area contributed by atoms with Crippen LogP contribution in [0.4, 0.5) is 11.4 Å². The summed E-state index contributed by atoms with van der Waals surface area (Å²) in [6, 6.07) is 13.5. The summed E-state index contributed by atoms with van der Waals surface area (Å²) in [5.74, 6) is -0.167. The molecule has 1 aliphatic rings. The van der Waals surface area contributed by atoms with Crippen LogP contribution in [-0.2, 0) is 4.79 Å². The van der Waals surface area contributed by atoms with Crippen LogP contribution in [0.1, 0.15) is 18.4 Å². The molecule has 1 heterocycles. The summed E-state index contributed by atoms with van der Waals surface area (Å²) >= 11 is 0. The van der Waals surface area contributed by atoms with Gasteiger partial charge in [0.25, 0.3) is 0 Å². The van der Waals surface area contributed by atoms with E-state index >= 15 is 0 Å². The lowest BCUT2D eigenvalue weighted by Crippen LogP contribution is -2.17. The maximum Gasteiger partial charge on any atom is 0.231 e. The van der Waals surface area contributed by atoms with Crippen molar-refractivity contribution >= 4 is 17.3 Å². The van der Waals surface area contributed by atoms with Gasteiger partial charge in [0.15, 0.2) is 0 Å². The van der Waals surface area contributed by atoms with Crippen LogP contribution < -0.4 is 11.1 Å². The van der Waals surface area contributed by atoms with Crippen LogP contribution in [0.25, 0.3) is 11.1 Å². The van der Waals surface area contributed by atoms with Gasteiger partial charge in [-0.2, -0.15) is 0 Å². The fraction of sp³-hybridized carbons (Fsp3) is 0.133. The Labute approximate surface area is 106 Å². The first-order valence-electron chi connectivity index (χ1n) is 5.97. The molecule has 0 saturated heterocycles. The highest BCUT2D eigenvalue weighted by Crippen LogP contribution is 2.40. The van der Waals surface area contributed by atoms with E-state index in [1.165, 1.54) is 0 Å². The van der Waals surface area contributed by atoms with E-state index in [0.717, 1.165) is 22.4 Å². The van der Waals surface area contributed by atoms with E-state index in [1.54, 1.807) is 0 Å². The van der Waals surface area contributed by atoms with Crippen LogP contribution in [0.3, 0.4) is 0 Å². The summed E-state index contributed by atoms with van der Waals surface area (Å²) in [5.41, 5.74) is 10.5. The SMILES string of the molecule is CC1C(=O)Nc2cccc(N)c2-c2ccccc21. The molecular weight excluding hydrogens is 224 g/mol. The number of nitrogens with one attached hydrogen (secondary N) is 1. The Bertz CT molecular complexity index is 634. The molecule has 3 rings (SSSR count). The summed E-state index contributed by atoms with van der Waals surface area (Å²) in [5, 5.41) is 2.94. The second-order valence-corrected chi connectivity index (χ2v) is 4.57. The summed E-state index contributed by atoms with van der Waals surface area (Å²) < 4.78 is 0. The van der Waals surface area contributed by atoms with Gasteiger partial charge in [-0.05, 0) is 30.2 Å². The maximum atomic E-state index is 12.1. The molecule has 18 heavy (non-hydrogen) atoms. The van der Waals surface area contributed by atoms with Crippen molar-refractivity contribution < 1.29 is 4.79 Å². The van der Waals surface area contributed by atoms with Crippen LogP contribution in [0.5, 0.6) is 0 Å². The molecule has 2 aromatic carbocycles. The van der Waals surface area contributed by atoms with E-state index in [0.29, 0.717) is 5.69 Å². The molecule has 0 saturated carbocycles. The van der Waals surface area contributed by atoms with Gasteiger partial charge in [-0.1, -0.05) is 30.3 Å². The largest absolute Gasteiger partial charge is 0.398 e. The van der Waals surface area contributed by atoms with E-state index in [9.17, 15) is 4.79 Å². The molecular formula is C15H14N2O. The number of rotatable bonds is 0. The summed E-state index contributed by atoms with van der Waals surface area (Å²) in [6.45, 7) is 1.91. The van der Waals surface area contributed by atoms with E-state index < -0.39 is 0 Å². The Morgan fingerprint density at radius 1 is 1.11 bits per heavy atom. The van der Waals surface area contributed by atoms with Crippen LogP contribution in [0.2, 0.25) is 0 Å². The molecule has 1 atom stereocenters. The van der Waals surface area contributed by atoms with E-state index in [-0.39, 0.29) is 11.8 Å². The fourth-order valence-corrected chi connectivity index (χ4v) is 2.46. The molecule has 90 valence electrons. The Balaban J connectivity index is 2.37. The Morgan fingerprint density at radius 2 is 1.89 bits per heavy atom. The number of amides is 1. The molecule has 0 radical (unpaired) electrons. The minimum atomic E-state index is -0.173. The molecule has 3 nitrogen and oxygen atoms in total. The van der Waals surface area contributed by atoms with Crippen molar-refractivity contribution in [2.75, 3.05) is 11.1 Å². The average molecular weight is 238 g/mol. The zero-order chi connectivity index (χ0) is 12.7. The molecule has 0 bridgehead atoms. The molecule has 1 amide bonds. The number of benzene rings is 2. The molecule has 3 heteroatoms. The van der Waals surface area contributed by atoms with Crippen molar-refractivity contribution in [3.63, 3.8) is 0 Å². The standard InChI is InChI=1S/C15H14N2O/c1-9-10-5-2-3-6-11(10)14-12(16)7-4-8-13(14)17-15(9)18/h2-9H,16H2,1H3,(H,17,18). The van der Waals surface area contributed by atoms with Crippen molar-refractivity contribution in [3.05, 3.63) is 48.0 Å². The predicted molar refractivity (Wildman–Crippen MR) is 73.3 cm³/mol. The summed E-state index contributed by atoms with van der Waals surface area (Å²) in [7, 11) is 0. The lowest BCUT2D eigenvalue weighted by atomic mass is 9.92. The van der Waals surface area contributed by atoms with Gasteiger partial charge in [0.05, 0.1) is 11.6 Å². The van der Waals surface area contributed by atoms with Gasteiger partial charge >= 0.3 is 0 Å². The van der Waals surface area contributed by atoms with E-state index in [1.807, 2.05) is 49.4 Å². The van der Waals surface area contributed by atoms with Gasteiger partial charge in [0, 0.05) is 11.3 Å². The lowest BCUT2D eigenvalue weighted by molar-refractivity contribution is -0.117. The highest BCUT2D eigenvalue weighted by Gasteiger charge is 2.25. The maximum absolute atomic E-state index is 12.1. The van der Waals surface area contributed by atoms with Gasteiger partial charge in [-0.3, -0.25) is 4.79 Å². The molecule has 0 aliphatic carbocycles. The second kappa shape index (κ2) is 3.88. The molecule has 2 aromatic rings. The minimum absolute atomic E-state index is 0.00630. The summed E-state index contributed by atoms with van der Waals surface area (Å²) in [4.78, 5) is 12.1. The van der Waals surface area contributed by atoms with Gasteiger partial charge in [-0.15, -0.1) is 0 Å². The monoisotopic (exact) mass is 238 g/mol. The number of nitrogen functional groups attached to an aromatic ring is 1. The highest BCUT2D eigenvalue weighted by atomic mass is 16.1. The number of carbonyl (C=O) groups excluding carboxylic acids is 1. The van der Waals surface area contributed by atoms with Crippen LogP contribution in [0, 0.1) is 0 Å². The summed E-state index contributed by atoms with van der Waals surface area (Å²) in [6.07, 6.45) is 0. The molecule has 1 aliphatic heterocycles. The minimum Gasteiger partial charge on any atom is -0.398 e. The van der Waals surface area contributed by atoms with Crippen molar-refractivity contribution in [1.29, 1.82) is 0 Å². The highest BCUT2D eigenvalue weighted by molar-refractivity contribution is 6.05. The number of hydrogen-bond acceptors (Lipinski definition) is 2. The van der Waals surface area contributed by atoms with Crippen molar-refractivity contribution in [3.8, 4) is 11.1 Å². The van der Waals surface area contributed by atoms with Gasteiger partial charge < -0.3 is 11.1 Å². The zero-order valence-electron chi connectivity index (χ0n) is 10.1. The average Bonchev–Trinajstić information content (AvgIpc) is 2.48. The third-order valence-electron chi connectivity index (χ3n) is 3.44. The number of nitrogens with two attached hydrogens (primary N) is 1. The number of fused-ring (bicyclic) bond motifs is 3. The predicted octanol–water partition coefficient (Wildman–Crippen LogP) is 2.99. The molecule has 0 aromatic heterocycles. The lowest BCUT2D eigenvalue weighted by Gasteiger charge is -2.12. The van der Waals surface area contributed by atoms with Crippen molar-refractivity contribution in [1.82, 2.24) is 0 Å². The normalized spacial score (nSPS) is 17.4. The molecule has 3 N–H and O–H groups in total. The zero-order valence-corrected chi connectivity index (χ0v) is 10.1. The molecule has 0 spiro atoms. The smallest absolute Gasteiger partial charge is 0.231 e. The van der Waals surface area contributed by atoms with Gasteiger partial charge in [0.1, 0.15) is 0 Å². The number of carbonyl (C=O) groups is 1. The fourth-order valence-electron chi connectivity index (χ4n) is 2.46. The molecule has 1 unspecified atom stereocenters. The molecule has 0 fully saturated rings. The quantitative estimate of drug-likeness (QED) is 0.693. The van der Waals surface area contributed by atoms with Gasteiger partial charge in [0.2, 0.25) is 5.91 Å². The Morgan fingerprint density at radius 3 is 2.72 bits per heavy atom. The van der Waals surface area contributed by atoms with Gasteiger partial charge in [-0.25, -0.2) is 0 Å². The topological polar surface area (TPSA) is 55.1 Å². The van der Waals surface area contributed by atoms with E-state index in [4.69, 9.17) is 5.73 Å². The number of anilines is 2. The number of hydrogen-bond donors (Lipinski definition) is 2. The first kappa shape index (κ1) is 10.8. The first-order valence-corrected chi connectivity index (χ1v) is 5.97. The first-order chi connectivity index (χ1) is 8.68. The van der Waals surface area contributed by atoms with E-state index in [2.05, 4.69) is 5.32 Å². The van der Waals surface area contributed by atoms with Crippen molar-refractivity contribution in [2.24, 2.45) is 0 Å². The third-order valence-corrected chi connectivity index (χ3v) is 3.44. The second-order valence-electron chi connectivity index (χ2n) is 4.57.